The lowest BCUT2D eigenvalue weighted by Gasteiger charge is -2.21. The van der Waals surface area contributed by atoms with Crippen LogP contribution in [-0.2, 0) is 16.1 Å². The Balaban J connectivity index is 1.97. The molecule has 0 aliphatic heterocycles. The number of ether oxygens (including phenoxy) is 1. The maximum atomic E-state index is 12.3. The number of esters is 1. The number of benzene rings is 2. The summed E-state index contributed by atoms with van der Waals surface area (Å²) in [6.07, 6.45) is -0.906. The van der Waals surface area contributed by atoms with Crippen molar-refractivity contribution in [1.82, 2.24) is 4.90 Å². The highest BCUT2D eigenvalue weighted by atomic mass is 16.5. The van der Waals surface area contributed by atoms with Gasteiger partial charge in [-0.05, 0) is 30.7 Å². The Bertz CT molecular complexity index is 766. The van der Waals surface area contributed by atoms with Gasteiger partial charge in [0.25, 0.3) is 5.91 Å². The summed E-state index contributed by atoms with van der Waals surface area (Å²) in [5.41, 5.74) is 1.61. The summed E-state index contributed by atoms with van der Waals surface area (Å²) in [6.45, 7) is 1.97. The summed E-state index contributed by atoms with van der Waals surface area (Å²) < 4.78 is 5.22. The van der Waals surface area contributed by atoms with E-state index in [-0.39, 0.29) is 11.5 Å². The highest BCUT2D eigenvalue weighted by Gasteiger charge is 2.22. The number of carbonyl (C=O) groups excluding carboxylic acids is 2. The average Bonchev–Trinajstić information content (AvgIpc) is 2.61. The molecule has 2 aromatic rings. The Hall–Kier alpha value is -3.13. The number of nitriles is 1. The van der Waals surface area contributed by atoms with Gasteiger partial charge in [-0.2, -0.15) is 5.26 Å². The maximum absolute atomic E-state index is 12.3. The van der Waals surface area contributed by atoms with Crippen LogP contribution in [0.2, 0.25) is 0 Å². The van der Waals surface area contributed by atoms with Gasteiger partial charge in [-0.1, -0.05) is 36.4 Å². The Morgan fingerprint density at radius 2 is 1.88 bits per heavy atom. The van der Waals surface area contributed by atoms with Gasteiger partial charge in [0.2, 0.25) is 0 Å². The molecule has 0 N–H and O–H groups in total. The third-order valence-corrected chi connectivity index (χ3v) is 3.50. The lowest BCUT2D eigenvalue weighted by Crippen LogP contribution is -2.37. The number of hydrogen-bond acceptors (Lipinski definition) is 4. The van der Waals surface area contributed by atoms with Gasteiger partial charge in [-0.25, -0.2) is 4.79 Å². The molecule has 0 aromatic heterocycles. The SMILES string of the molecule is C[C@@H](OC(=O)c1cccc(C#N)c1)C(=O)N(C)Cc1ccccc1. The first-order valence-electron chi connectivity index (χ1n) is 7.51. The second-order valence-electron chi connectivity index (χ2n) is 5.42. The summed E-state index contributed by atoms with van der Waals surface area (Å²) in [6, 6.07) is 17.7. The van der Waals surface area contributed by atoms with Crippen molar-refractivity contribution in [2.45, 2.75) is 19.6 Å². The molecule has 0 fully saturated rings. The summed E-state index contributed by atoms with van der Waals surface area (Å²) in [5.74, 6) is -0.912. The van der Waals surface area contributed by atoms with E-state index in [1.165, 1.54) is 17.9 Å². The topological polar surface area (TPSA) is 70.4 Å². The number of carbonyl (C=O) groups is 2. The van der Waals surface area contributed by atoms with E-state index < -0.39 is 12.1 Å². The first kappa shape index (κ1) is 17.2. The van der Waals surface area contributed by atoms with E-state index in [4.69, 9.17) is 10.00 Å². The van der Waals surface area contributed by atoms with Crippen LogP contribution >= 0.6 is 0 Å². The molecule has 2 aromatic carbocycles. The molecule has 1 atom stereocenters. The Morgan fingerprint density at radius 1 is 1.17 bits per heavy atom. The average molecular weight is 322 g/mol. The van der Waals surface area contributed by atoms with E-state index in [1.807, 2.05) is 36.4 Å². The van der Waals surface area contributed by atoms with Crippen molar-refractivity contribution in [3.05, 3.63) is 71.3 Å². The molecule has 5 nitrogen and oxygen atoms in total. The fraction of sp³-hybridized carbons (Fsp3) is 0.211. The quantitative estimate of drug-likeness (QED) is 0.794. The molecular weight excluding hydrogens is 304 g/mol. The van der Waals surface area contributed by atoms with Gasteiger partial charge in [-0.15, -0.1) is 0 Å². The van der Waals surface area contributed by atoms with Crippen LogP contribution in [0.4, 0.5) is 0 Å². The number of likely N-dealkylation sites (N-methyl/N-ethyl adjacent to an activating group) is 1. The Labute approximate surface area is 141 Å². The molecule has 122 valence electrons. The maximum Gasteiger partial charge on any atom is 0.338 e. The van der Waals surface area contributed by atoms with Gasteiger partial charge in [0.15, 0.2) is 6.10 Å². The summed E-state index contributed by atoms with van der Waals surface area (Å²) >= 11 is 0. The molecule has 2 rings (SSSR count). The number of amides is 1. The minimum Gasteiger partial charge on any atom is -0.449 e. The molecule has 0 saturated heterocycles. The number of nitrogens with zero attached hydrogens (tertiary/aromatic N) is 2. The fourth-order valence-electron chi connectivity index (χ4n) is 2.24. The molecule has 0 saturated carbocycles. The Morgan fingerprint density at radius 3 is 2.54 bits per heavy atom. The van der Waals surface area contributed by atoms with E-state index in [2.05, 4.69) is 0 Å². The molecule has 0 aliphatic carbocycles. The van der Waals surface area contributed by atoms with Gasteiger partial charge in [-0.3, -0.25) is 4.79 Å². The zero-order chi connectivity index (χ0) is 17.5. The zero-order valence-corrected chi connectivity index (χ0v) is 13.6. The van der Waals surface area contributed by atoms with Crippen molar-refractivity contribution in [3.63, 3.8) is 0 Å². The van der Waals surface area contributed by atoms with Crippen molar-refractivity contribution in [2.75, 3.05) is 7.05 Å². The monoisotopic (exact) mass is 322 g/mol. The molecule has 1 amide bonds. The van der Waals surface area contributed by atoms with Gasteiger partial charge < -0.3 is 9.64 Å². The second-order valence-corrected chi connectivity index (χ2v) is 5.42. The molecule has 0 bridgehead atoms. The van der Waals surface area contributed by atoms with Gasteiger partial charge >= 0.3 is 5.97 Å². The van der Waals surface area contributed by atoms with E-state index >= 15 is 0 Å². The fourth-order valence-corrected chi connectivity index (χ4v) is 2.24. The largest absolute Gasteiger partial charge is 0.449 e. The van der Waals surface area contributed by atoms with Crippen molar-refractivity contribution in [3.8, 4) is 6.07 Å². The van der Waals surface area contributed by atoms with Crippen LogP contribution in [0.5, 0.6) is 0 Å². The van der Waals surface area contributed by atoms with Crippen LogP contribution in [0.1, 0.15) is 28.4 Å². The van der Waals surface area contributed by atoms with E-state index in [0.29, 0.717) is 12.1 Å². The third kappa shape index (κ3) is 4.43. The molecule has 5 heteroatoms. The van der Waals surface area contributed by atoms with Crippen LogP contribution in [0.15, 0.2) is 54.6 Å². The van der Waals surface area contributed by atoms with Crippen LogP contribution < -0.4 is 0 Å². The van der Waals surface area contributed by atoms with Gasteiger partial charge in [0.1, 0.15) is 0 Å². The van der Waals surface area contributed by atoms with E-state index in [1.54, 1.807) is 25.2 Å². The molecular formula is C19H18N2O3. The van der Waals surface area contributed by atoms with E-state index in [9.17, 15) is 9.59 Å². The first-order chi connectivity index (χ1) is 11.5. The summed E-state index contributed by atoms with van der Waals surface area (Å²) in [5, 5.41) is 8.86. The highest BCUT2D eigenvalue weighted by molar-refractivity contribution is 5.92. The molecule has 0 heterocycles. The van der Waals surface area contributed by atoms with Crippen LogP contribution in [-0.4, -0.2) is 29.9 Å². The number of hydrogen-bond donors (Lipinski definition) is 0. The summed E-state index contributed by atoms with van der Waals surface area (Å²) in [4.78, 5) is 26.0. The van der Waals surface area contributed by atoms with Crippen molar-refractivity contribution in [1.29, 1.82) is 5.26 Å². The van der Waals surface area contributed by atoms with Crippen molar-refractivity contribution >= 4 is 11.9 Å². The lowest BCUT2D eigenvalue weighted by atomic mass is 10.1. The summed E-state index contributed by atoms with van der Waals surface area (Å²) in [7, 11) is 1.66. The first-order valence-corrected chi connectivity index (χ1v) is 7.51. The molecule has 0 radical (unpaired) electrons. The van der Waals surface area contributed by atoms with Crippen LogP contribution in [0.3, 0.4) is 0 Å². The van der Waals surface area contributed by atoms with E-state index in [0.717, 1.165) is 5.56 Å². The molecule has 0 unspecified atom stereocenters. The number of rotatable bonds is 5. The smallest absolute Gasteiger partial charge is 0.338 e. The van der Waals surface area contributed by atoms with Crippen molar-refractivity contribution < 1.29 is 14.3 Å². The molecule has 24 heavy (non-hydrogen) atoms. The van der Waals surface area contributed by atoms with Crippen LogP contribution in [0.25, 0.3) is 0 Å². The third-order valence-electron chi connectivity index (χ3n) is 3.50. The lowest BCUT2D eigenvalue weighted by molar-refractivity contribution is -0.139. The zero-order valence-electron chi connectivity index (χ0n) is 13.6. The minimum atomic E-state index is -0.906. The highest BCUT2D eigenvalue weighted by Crippen LogP contribution is 2.10. The predicted molar refractivity (Wildman–Crippen MR) is 89.0 cm³/mol. The standard InChI is InChI=1S/C19H18N2O3/c1-14(18(22)21(2)13-15-7-4-3-5-8-15)24-19(23)17-10-6-9-16(11-17)12-20/h3-11,14H,13H2,1-2H3/t14-/m1/s1. The van der Waals surface area contributed by atoms with Crippen molar-refractivity contribution in [2.24, 2.45) is 0 Å². The predicted octanol–water partition coefficient (Wildman–Crippen LogP) is 2.76. The normalized spacial score (nSPS) is 11.2. The molecule has 0 aliphatic rings. The second kappa shape index (κ2) is 7.93. The van der Waals surface area contributed by atoms with Crippen LogP contribution in [0, 0.1) is 11.3 Å². The molecule has 0 spiro atoms. The van der Waals surface area contributed by atoms with Gasteiger partial charge in [0.05, 0.1) is 17.2 Å². The minimum absolute atomic E-state index is 0.249. The van der Waals surface area contributed by atoms with Gasteiger partial charge in [0, 0.05) is 13.6 Å². The Kier molecular flexibility index (Phi) is 5.69.